The number of halogens is 1. The molecule has 0 spiro atoms. The lowest BCUT2D eigenvalue weighted by Crippen LogP contribution is -2.10. The number of rotatable bonds is 3. The third-order valence-electron chi connectivity index (χ3n) is 3.44. The zero-order valence-corrected chi connectivity index (χ0v) is 15.7. The predicted octanol–water partition coefficient (Wildman–Crippen LogP) is 4.99. The summed E-state index contributed by atoms with van der Waals surface area (Å²) in [6, 6.07) is 12.6. The summed E-state index contributed by atoms with van der Waals surface area (Å²) in [7, 11) is 0. The highest BCUT2D eigenvalue weighted by Crippen LogP contribution is 2.27. The van der Waals surface area contributed by atoms with E-state index >= 15 is 0 Å². The number of para-hydroxylation sites is 1. The molecule has 4 rings (SSSR count). The Hall–Kier alpha value is -2.29. The number of carbonyl (C=O) groups is 1. The number of amides is 1. The average molecular weight is 433 g/mol. The predicted molar refractivity (Wildman–Crippen MR) is 104 cm³/mol. The van der Waals surface area contributed by atoms with Gasteiger partial charge in [0.25, 0.3) is 5.91 Å². The van der Waals surface area contributed by atoms with Crippen molar-refractivity contribution in [3.05, 3.63) is 66.9 Å². The second kappa shape index (κ2) is 6.55. The summed E-state index contributed by atoms with van der Waals surface area (Å²) in [4.78, 5) is 29.3. The monoisotopic (exact) mass is 432 g/mol. The molecule has 3 aromatic heterocycles. The van der Waals surface area contributed by atoms with Gasteiger partial charge in [-0.25, -0.2) is 9.78 Å². The summed E-state index contributed by atoms with van der Waals surface area (Å²) < 4.78 is 6.21. The zero-order valence-electron chi connectivity index (χ0n) is 12.5. The van der Waals surface area contributed by atoms with Crippen LogP contribution >= 0.6 is 38.6 Å². The summed E-state index contributed by atoms with van der Waals surface area (Å²) >= 11 is 5.92. The molecule has 0 bridgehead atoms. The van der Waals surface area contributed by atoms with E-state index in [1.54, 1.807) is 23.6 Å². The Balaban J connectivity index is 1.64. The second-order valence-electron chi connectivity index (χ2n) is 5.08. The van der Waals surface area contributed by atoms with Gasteiger partial charge in [0.1, 0.15) is 5.58 Å². The molecule has 0 atom stereocenters. The molecule has 0 radical (unpaired) electrons. The fourth-order valence-electron chi connectivity index (χ4n) is 2.29. The van der Waals surface area contributed by atoms with Crippen molar-refractivity contribution < 1.29 is 9.21 Å². The molecule has 0 aliphatic rings. The van der Waals surface area contributed by atoms with Gasteiger partial charge in [-0.2, -0.15) is 0 Å². The first-order chi connectivity index (χ1) is 12.1. The number of thiazole rings is 1. The molecule has 8 heteroatoms. The normalized spacial score (nSPS) is 10.9. The van der Waals surface area contributed by atoms with Crippen LogP contribution in [0.1, 0.15) is 9.67 Å². The molecule has 3 heterocycles. The van der Waals surface area contributed by atoms with Crippen molar-refractivity contribution in [2.75, 3.05) is 5.32 Å². The Morgan fingerprint density at radius 1 is 1.20 bits per heavy atom. The molecule has 5 nitrogen and oxygen atoms in total. The first-order valence-corrected chi connectivity index (χ1v) is 9.64. The van der Waals surface area contributed by atoms with Crippen molar-refractivity contribution in [2.45, 2.75) is 0 Å². The van der Waals surface area contributed by atoms with Crippen LogP contribution in [0.15, 0.2) is 60.8 Å². The minimum Gasteiger partial charge on any atom is -0.422 e. The van der Waals surface area contributed by atoms with Crippen molar-refractivity contribution in [1.29, 1.82) is 0 Å². The molecule has 25 heavy (non-hydrogen) atoms. The first kappa shape index (κ1) is 16.2. The standard InChI is InChI=1S/C17H9BrN2O3S2/c18-14-6-5-13(25-14)15(21)20-17-19-11(8-24-17)10-7-9-3-1-2-4-12(9)23-16(10)22/h1-8H,(H,19,20,21). The molecular weight excluding hydrogens is 424 g/mol. The van der Waals surface area contributed by atoms with Crippen LogP contribution in [0.2, 0.25) is 0 Å². The lowest BCUT2D eigenvalue weighted by molar-refractivity contribution is 0.103. The molecule has 1 amide bonds. The quantitative estimate of drug-likeness (QED) is 0.462. The molecule has 0 fully saturated rings. The summed E-state index contributed by atoms with van der Waals surface area (Å²) in [5.41, 5.74) is 0.925. The van der Waals surface area contributed by atoms with Gasteiger partial charge in [-0.1, -0.05) is 18.2 Å². The number of thiophene rings is 1. The van der Waals surface area contributed by atoms with Crippen LogP contribution in [0, 0.1) is 0 Å². The molecular formula is C17H9BrN2O3S2. The summed E-state index contributed by atoms with van der Waals surface area (Å²) in [5.74, 6) is -0.234. The van der Waals surface area contributed by atoms with E-state index in [1.165, 1.54) is 22.7 Å². The van der Waals surface area contributed by atoms with E-state index in [2.05, 4.69) is 26.2 Å². The topological polar surface area (TPSA) is 72.2 Å². The number of benzene rings is 1. The van der Waals surface area contributed by atoms with E-state index in [0.29, 0.717) is 26.8 Å². The average Bonchev–Trinajstić information content (AvgIpc) is 3.23. The van der Waals surface area contributed by atoms with Crippen molar-refractivity contribution >= 4 is 60.6 Å². The SMILES string of the molecule is O=C(Nc1nc(-c2cc3ccccc3oc2=O)cs1)c1ccc(Br)s1. The van der Waals surface area contributed by atoms with Gasteiger partial charge in [0.05, 0.1) is 19.9 Å². The number of fused-ring (bicyclic) bond motifs is 1. The molecule has 0 saturated carbocycles. The van der Waals surface area contributed by atoms with E-state index in [-0.39, 0.29) is 5.91 Å². The third kappa shape index (κ3) is 3.28. The molecule has 124 valence electrons. The van der Waals surface area contributed by atoms with E-state index in [0.717, 1.165) is 9.17 Å². The molecule has 0 unspecified atom stereocenters. The van der Waals surface area contributed by atoms with Gasteiger partial charge in [-0.05, 0) is 40.2 Å². The second-order valence-corrected chi connectivity index (χ2v) is 8.40. The van der Waals surface area contributed by atoms with Crippen LogP contribution in [-0.4, -0.2) is 10.9 Å². The highest BCUT2D eigenvalue weighted by molar-refractivity contribution is 9.11. The summed E-state index contributed by atoms with van der Waals surface area (Å²) in [5, 5.41) is 5.71. The van der Waals surface area contributed by atoms with Crippen molar-refractivity contribution in [2.24, 2.45) is 0 Å². The Labute approximate surface area is 158 Å². The van der Waals surface area contributed by atoms with E-state index in [4.69, 9.17) is 4.42 Å². The van der Waals surface area contributed by atoms with Crippen LogP contribution < -0.4 is 10.9 Å². The smallest absolute Gasteiger partial charge is 0.345 e. The highest BCUT2D eigenvalue weighted by Gasteiger charge is 2.14. The van der Waals surface area contributed by atoms with Gasteiger partial charge < -0.3 is 4.42 Å². The number of carbonyl (C=O) groups excluding carboxylic acids is 1. The van der Waals surface area contributed by atoms with E-state index < -0.39 is 5.63 Å². The first-order valence-electron chi connectivity index (χ1n) is 7.15. The van der Waals surface area contributed by atoms with Gasteiger partial charge >= 0.3 is 5.63 Å². The third-order valence-corrected chi connectivity index (χ3v) is 5.82. The lowest BCUT2D eigenvalue weighted by atomic mass is 10.1. The largest absolute Gasteiger partial charge is 0.422 e. The van der Waals surface area contributed by atoms with Gasteiger partial charge in [0.2, 0.25) is 0 Å². The van der Waals surface area contributed by atoms with Gasteiger partial charge in [0.15, 0.2) is 5.13 Å². The number of nitrogens with one attached hydrogen (secondary N) is 1. The zero-order chi connectivity index (χ0) is 17.4. The molecule has 4 aromatic rings. The van der Waals surface area contributed by atoms with Crippen molar-refractivity contribution in [3.8, 4) is 11.3 Å². The maximum absolute atomic E-state index is 12.2. The van der Waals surface area contributed by atoms with Crippen molar-refractivity contribution in [3.63, 3.8) is 0 Å². The molecule has 1 N–H and O–H groups in total. The van der Waals surface area contributed by atoms with Crippen LogP contribution in [0.4, 0.5) is 5.13 Å². The summed E-state index contributed by atoms with van der Waals surface area (Å²) in [6.45, 7) is 0. The number of aromatic nitrogens is 1. The molecule has 0 saturated heterocycles. The van der Waals surface area contributed by atoms with Crippen LogP contribution in [0.3, 0.4) is 0 Å². The highest BCUT2D eigenvalue weighted by atomic mass is 79.9. The van der Waals surface area contributed by atoms with Crippen molar-refractivity contribution in [1.82, 2.24) is 4.98 Å². The minimum atomic E-state index is -0.455. The van der Waals surface area contributed by atoms with Gasteiger partial charge in [-0.15, -0.1) is 22.7 Å². The molecule has 0 aliphatic carbocycles. The number of hydrogen-bond acceptors (Lipinski definition) is 6. The van der Waals surface area contributed by atoms with Gasteiger partial charge in [0, 0.05) is 10.8 Å². The minimum absolute atomic E-state index is 0.234. The van der Waals surface area contributed by atoms with Crippen LogP contribution in [-0.2, 0) is 0 Å². The Morgan fingerprint density at radius 3 is 2.84 bits per heavy atom. The maximum Gasteiger partial charge on any atom is 0.345 e. The Bertz CT molecular complexity index is 1150. The van der Waals surface area contributed by atoms with Gasteiger partial charge in [-0.3, -0.25) is 10.1 Å². The van der Waals surface area contributed by atoms with E-state index in [1.807, 2.05) is 24.3 Å². The van der Waals surface area contributed by atoms with Crippen LogP contribution in [0.5, 0.6) is 0 Å². The molecule has 1 aromatic carbocycles. The van der Waals surface area contributed by atoms with E-state index in [9.17, 15) is 9.59 Å². The fourth-order valence-corrected chi connectivity index (χ4v) is 4.28. The molecule has 0 aliphatic heterocycles. The fraction of sp³-hybridized carbons (Fsp3) is 0. The number of anilines is 1. The number of nitrogens with zero attached hydrogens (tertiary/aromatic N) is 1. The number of hydrogen-bond donors (Lipinski definition) is 1. The van der Waals surface area contributed by atoms with Crippen LogP contribution in [0.25, 0.3) is 22.2 Å². The maximum atomic E-state index is 12.2. The summed E-state index contributed by atoms with van der Waals surface area (Å²) in [6.07, 6.45) is 0. The Morgan fingerprint density at radius 2 is 2.04 bits per heavy atom. The lowest BCUT2D eigenvalue weighted by Gasteiger charge is -2.00. The Kier molecular flexibility index (Phi) is 4.24.